The molecule has 0 unspecified atom stereocenters. The van der Waals surface area contributed by atoms with Crippen molar-refractivity contribution in [2.75, 3.05) is 0 Å². The molecule has 8 aromatic rings. The molecule has 0 saturated carbocycles. The smallest absolute Gasteiger partial charge is 0.143 e. The van der Waals surface area contributed by atoms with E-state index in [0.717, 1.165) is 77.6 Å². The van der Waals surface area contributed by atoms with Gasteiger partial charge in [0.15, 0.2) is 0 Å². The number of hydrogen-bond acceptors (Lipinski definition) is 2. The Bertz CT molecular complexity index is 2150. The van der Waals surface area contributed by atoms with Crippen molar-refractivity contribution in [3.05, 3.63) is 146 Å². The van der Waals surface area contributed by atoms with E-state index in [9.17, 15) is 0 Å². The van der Waals surface area contributed by atoms with Crippen molar-refractivity contribution in [1.82, 2.24) is 0 Å². The van der Waals surface area contributed by atoms with Crippen LogP contribution in [0.3, 0.4) is 0 Å². The van der Waals surface area contributed by atoms with E-state index in [1.54, 1.807) is 0 Å². The monoisotopic (exact) mass is 512 g/mol. The van der Waals surface area contributed by atoms with Crippen LogP contribution in [0, 0.1) is 0 Å². The molecule has 2 heteroatoms. The highest BCUT2D eigenvalue weighted by molar-refractivity contribution is 6.17. The summed E-state index contributed by atoms with van der Waals surface area (Å²) in [6, 6.07) is 50.5. The minimum Gasteiger partial charge on any atom is -0.456 e. The molecule has 0 atom stereocenters. The van der Waals surface area contributed by atoms with Gasteiger partial charge in [0.25, 0.3) is 0 Å². The molecule has 0 saturated heterocycles. The third-order valence-corrected chi connectivity index (χ3v) is 7.73. The Kier molecular flexibility index (Phi) is 5.17. The van der Waals surface area contributed by atoms with Gasteiger partial charge in [-0.1, -0.05) is 127 Å². The predicted molar refractivity (Wildman–Crippen MR) is 165 cm³/mol. The van der Waals surface area contributed by atoms with E-state index in [4.69, 9.17) is 8.83 Å². The summed E-state index contributed by atoms with van der Waals surface area (Å²) in [5, 5.41) is 4.39. The van der Waals surface area contributed by atoms with Crippen LogP contribution in [-0.4, -0.2) is 0 Å². The Morgan fingerprint density at radius 2 is 0.875 bits per heavy atom. The molecule has 0 fully saturated rings. The second-order valence-corrected chi connectivity index (χ2v) is 10.0. The van der Waals surface area contributed by atoms with Gasteiger partial charge in [0, 0.05) is 38.2 Å². The van der Waals surface area contributed by atoms with Crippen molar-refractivity contribution in [3.63, 3.8) is 0 Å². The fraction of sp³-hybridized carbons (Fsp3) is 0. The average molecular weight is 513 g/mol. The molecule has 2 nitrogen and oxygen atoms in total. The predicted octanol–water partition coefficient (Wildman–Crippen LogP) is 11.0. The van der Waals surface area contributed by atoms with Crippen molar-refractivity contribution in [2.45, 2.75) is 0 Å². The quantitative estimate of drug-likeness (QED) is 0.234. The SMILES string of the molecule is c1ccc(-c2ccccc2-c2oc(-c3ccc4oc5ccccc5c4c3-c3ccccc3)c3ccccc23)cc1. The molecular weight excluding hydrogens is 488 g/mol. The van der Waals surface area contributed by atoms with Gasteiger partial charge in [-0.2, -0.15) is 0 Å². The topological polar surface area (TPSA) is 26.3 Å². The maximum Gasteiger partial charge on any atom is 0.143 e. The number of para-hydroxylation sites is 1. The molecule has 0 radical (unpaired) electrons. The van der Waals surface area contributed by atoms with Gasteiger partial charge in [-0.15, -0.1) is 0 Å². The van der Waals surface area contributed by atoms with Gasteiger partial charge in [-0.25, -0.2) is 0 Å². The largest absolute Gasteiger partial charge is 0.456 e. The molecule has 2 aromatic heterocycles. The Balaban J connectivity index is 1.46. The molecule has 0 bridgehead atoms. The van der Waals surface area contributed by atoms with E-state index in [2.05, 4.69) is 127 Å². The standard InChI is InChI=1S/C38H24O2/c1-3-13-25(14-4-1)27-17-7-8-18-28(27)37-29-19-9-10-20-30(29)38(40-37)32-23-24-34-36(31-21-11-12-22-33(31)39-34)35(32)26-15-5-2-6-16-26/h1-24H. The van der Waals surface area contributed by atoms with E-state index >= 15 is 0 Å². The summed E-state index contributed by atoms with van der Waals surface area (Å²) in [4.78, 5) is 0. The van der Waals surface area contributed by atoms with Crippen LogP contribution in [-0.2, 0) is 0 Å². The van der Waals surface area contributed by atoms with Gasteiger partial charge in [-0.05, 0) is 34.9 Å². The lowest BCUT2D eigenvalue weighted by atomic mass is 9.92. The molecule has 0 aliphatic rings. The lowest BCUT2D eigenvalue weighted by Gasteiger charge is -2.11. The second-order valence-electron chi connectivity index (χ2n) is 10.0. The fourth-order valence-corrected chi connectivity index (χ4v) is 5.95. The Morgan fingerprint density at radius 1 is 0.325 bits per heavy atom. The van der Waals surface area contributed by atoms with Gasteiger partial charge in [0.1, 0.15) is 22.7 Å². The second kappa shape index (κ2) is 9.14. The van der Waals surface area contributed by atoms with Gasteiger partial charge in [0.05, 0.1) is 0 Å². The lowest BCUT2D eigenvalue weighted by Crippen LogP contribution is -1.86. The number of fused-ring (bicyclic) bond motifs is 4. The van der Waals surface area contributed by atoms with Crippen LogP contribution >= 0.6 is 0 Å². The van der Waals surface area contributed by atoms with Crippen LogP contribution in [0.4, 0.5) is 0 Å². The highest BCUT2D eigenvalue weighted by Gasteiger charge is 2.23. The van der Waals surface area contributed by atoms with Crippen LogP contribution < -0.4 is 0 Å². The molecule has 6 aromatic carbocycles. The van der Waals surface area contributed by atoms with Crippen molar-refractivity contribution in [2.24, 2.45) is 0 Å². The first-order valence-corrected chi connectivity index (χ1v) is 13.5. The van der Waals surface area contributed by atoms with E-state index in [1.807, 2.05) is 18.2 Å². The van der Waals surface area contributed by atoms with E-state index < -0.39 is 0 Å². The van der Waals surface area contributed by atoms with Gasteiger partial charge in [0.2, 0.25) is 0 Å². The third kappa shape index (κ3) is 3.50. The summed E-state index contributed by atoms with van der Waals surface area (Å²) < 4.78 is 13.3. The average Bonchev–Trinajstić information content (AvgIpc) is 3.60. The zero-order chi connectivity index (χ0) is 26.5. The lowest BCUT2D eigenvalue weighted by molar-refractivity contribution is 0.602. The van der Waals surface area contributed by atoms with E-state index in [0.29, 0.717) is 0 Å². The first-order chi connectivity index (χ1) is 19.9. The highest BCUT2D eigenvalue weighted by atomic mass is 16.3. The maximum absolute atomic E-state index is 6.97. The van der Waals surface area contributed by atoms with Gasteiger partial charge < -0.3 is 8.83 Å². The van der Waals surface area contributed by atoms with Crippen LogP contribution in [0.5, 0.6) is 0 Å². The summed E-state index contributed by atoms with van der Waals surface area (Å²) >= 11 is 0. The molecule has 0 aliphatic carbocycles. The zero-order valence-electron chi connectivity index (χ0n) is 21.7. The summed E-state index contributed by atoms with van der Waals surface area (Å²) in [5.41, 5.74) is 8.43. The molecule has 188 valence electrons. The number of rotatable bonds is 4. The van der Waals surface area contributed by atoms with Gasteiger partial charge >= 0.3 is 0 Å². The normalized spacial score (nSPS) is 11.5. The Labute approximate surface area is 231 Å². The molecule has 40 heavy (non-hydrogen) atoms. The first kappa shape index (κ1) is 22.6. The molecular formula is C38H24O2. The zero-order valence-corrected chi connectivity index (χ0v) is 21.7. The summed E-state index contributed by atoms with van der Waals surface area (Å²) in [6.07, 6.45) is 0. The first-order valence-electron chi connectivity index (χ1n) is 13.5. The summed E-state index contributed by atoms with van der Waals surface area (Å²) in [7, 11) is 0. The maximum atomic E-state index is 6.97. The van der Waals surface area contributed by atoms with Crippen LogP contribution in [0.1, 0.15) is 0 Å². The highest BCUT2D eigenvalue weighted by Crippen LogP contribution is 2.48. The van der Waals surface area contributed by atoms with Gasteiger partial charge in [-0.3, -0.25) is 0 Å². The number of benzene rings is 6. The summed E-state index contributed by atoms with van der Waals surface area (Å²) in [5.74, 6) is 1.74. The van der Waals surface area contributed by atoms with Crippen molar-refractivity contribution < 1.29 is 8.83 Å². The van der Waals surface area contributed by atoms with Crippen LogP contribution in [0.15, 0.2) is 154 Å². The third-order valence-electron chi connectivity index (χ3n) is 7.73. The van der Waals surface area contributed by atoms with Crippen LogP contribution in [0.2, 0.25) is 0 Å². The van der Waals surface area contributed by atoms with Crippen molar-refractivity contribution >= 4 is 32.7 Å². The molecule has 2 heterocycles. The number of hydrogen-bond donors (Lipinski definition) is 0. The minimum atomic E-state index is 0.861. The van der Waals surface area contributed by atoms with Crippen molar-refractivity contribution in [3.8, 4) is 44.9 Å². The van der Waals surface area contributed by atoms with E-state index in [-0.39, 0.29) is 0 Å². The van der Waals surface area contributed by atoms with Crippen LogP contribution in [0.25, 0.3) is 77.6 Å². The minimum absolute atomic E-state index is 0.861. The van der Waals surface area contributed by atoms with Crippen molar-refractivity contribution in [1.29, 1.82) is 0 Å². The summed E-state index contributed by atoms with van der Waals surface area (Å²) in [6.45, 7) is 0. The Hall–Kier alpha value is -5.34. The molecule has 8 rings (SSSR count). The fourth-order valence-electron chi connectivity index (χ4n) is 5.95. The number of furan rings is 2. The Morgan fingerprint density at radius 3 is 1.60 bits per heavy atom. The molecule has 0 N–H and O–H groups in total. The molecule has 0 aliphatic heterocycles. The molecule has 0 amide bonds. The van der Waals surface area contributed by atoms with E-state index in [1.165, 1.54) is 0 Å². The molecule has 0 spiro atoms.